The third-order valence-corrected chi connectivity index (χ3v) is 3.31. The highest BCUT2D eigenvalue weighted by Crippen LogP contribution is 2.09. The van der Waals surface area contributed by atoms with Crippen LogP contribution < -0.4 is 5.32 Å². The lowest BCUT2D eigenvalue weighted by Gasteiger charge is -2.27. The number of rotatable bonds is 7. The number of hydrogen-bond acceptors (Lipinski definition) is 4. The summed E-state index contributed by atoms with van der Waals surface area (Å²) in [6.07, 6.45) is 3.47. The summed E-state index contributed by atoms with van der Waals surface area (Å²) in [5.74, 6) is 0.220. The topological polar surface area (TPSA) is 61.8 Å². The number of nitrogens with one attached hydrogen (secondary N) is 1. The van der Waals surface area contributed by atoms with Gasteiger partial charge in [0.2, 0.25) is 5.91 Å². The van der Waals surface area contributed by atoms with Crippen LogP contribution in [0, 0.1) is 0 Å². The van der Waals surface area contributed by atoms with Gasteiger partial charge in [0.25, 0.3) is 0 Å². The summed E-state index contributed by atoms with van der Waals surface area (Å²) in [5.41, 5.74) is -0.231. The number of piperidine rings is 1. The van der Waals surface area contributed by atoms with E-state index in [0.717, 1.165) is 25.9 Å². The molecule has 1 aliphatic rings. The highest BCUT2D eigenvalue weighted by Gasteiger charge is 2.16. The summed E-state index contributed by atoms with van der Waals surface area (Å²) in [5, 5.41) is 12.9. The second kappa shape index (κ2) is 8.60. The first-order valence-corrected chi connectivity index (χ1v) is 7.69. The van der Waals surface area contributed by atoms with E-state index in [9.17, 15) is 9.90 Å². The van der Waals surface area contributed by atoms with E-state index in [0.29, 0.717) is 26.1 Å². The number of carbonyl (C=O) groups excluding carboxylic acids is 1. The van der Waals surface area contributed by atoms with E-state index >= 15 is 0 Å². The van der Waals surface area contributed by atoms with Gasteiger partial charge in [-0.2, -0.15) is 0 Å². The molecule has 1 aliphatic heterocycles. The Morgan fingerprint density at radius 1 is 1.30 bits per heavy atom. The van der Waals surface area contributed by atoms with Crippen LogP contribution in [0.3, 0.4) is 0 Å². The number of aliphatic hydroxyl groups is 1. The van der Waals surface area contributed by atoms with Crippen LogP contribution in [0.15, 0.2) is 0 Å². The summed E-state index contributed by atoms with van der Waals surface area (Å²) in [6.45, 7) is 9.09. The van der Waals surface area contributed by atoms with Crippen molar-refractivity contribution in [1.82, 2.24) is 10.2 Å². The highest BCUT2D eigenvalue weighted by molar-refractivity contribution is 5.76. The van der Waals surface area contributed by atoms with Crippen LogP contribution in [-0.2, 0) is 9.53 Å². The van der Waals surface area contributed by atoms with Crippen molar-refractivity contribution >= 4 is 5.91 Å². The quantitative estimate of drug-likeness (QED) is 0.689. The van der Waals surface area contributed by atoms with Gasteiger partial charge in [-0.05, 0) is 40.0 Å². The maximum Gasteiger partial charge on any atom is 0.223 e. The molecule has 1 fully saturated rings. The second-order valence-corrected chi connectivity index (χ2v) is 6.47. The molecular formula is C15H30N2O3. The molecule has 0 spiro atoms. The monoisotopic (exact) mass is 286 g/mol. The van der Waals surface area contributed by atoms with E-state index < -0.39 is 6.10 Å². The average molecular weight is 286 g/mol. The molecule has 20 heavy (non-hydrogen) atoms. The van der Waals surface area contributed by atoms with Crippen molar-refractivity contribution in [3.05, 3.63) is 0 Å². The van der Waals surface area contributed by atoms with Crippen molar-refractivity contribution in [1.29, 1.82) is 0 Å². The Balaban J connectivity index is 2.04. The number of amides is 1. The molecule has 118 valence electrons. The number of hydrogen-bond donors (Lipinski definition) is 2. The maximum atomic E-state index is 11.9. The lowest BCUT2D eigenvalue weighted by molar-refractivity contribution is -0.132. The van der Waals surface area contributed by atoms with Crippen LogP contribution in [0.1, 0.15) is 46.5 Å². The number of aliphatic hydroxyl groups excluding tert-OH is 1. The fourth-order valence-electron chi connectivity index (χ4n) is 2.17. The van der Waals surface area contributed by atoms with E-state index in [1.807, 2.05) is 25.7 Å². The molecule has 0 bridgehead atoms. The first-order valence-electron chi connectivity index (χ1n) is 7.69. The normalized spacial score (nSPS) is 18.1. The largest absolute Gasteiger partial charge is 0.389 e. The van der Waals surface area contributed by atoms with E-state index in [4.69, 9.17) is 4.74 Å². The van der Waals surface area contributed by atoms with E-state index in [1.54, 1.807) is 0 Å². The summed E-state index contributed by atoms with van der Waals surface area (Å²) in [4.78, 5) is 13.8. The molecule has 1 rings (SSSR count). The van der Waals surface area contributed by atoms with Gasteiger partial charge < -0.3 is 20.1 Å². The number of likely N-dealkylation sites (tertiary alicyclic amines) is 1. The van der Waals surface area contributed by atoms with Gasteiger partial charge >= 0.3 is 0 Å². The molecule has 0 radical (unpaired) electrons. The van der Waals surface area contributed by atoms with E-state index in [1.165, 1.54) is 6.42 Å². The maximum absolute atomic E-state index is 11.9. The molecule has 1 unspecified atom stereocenters. The predicted octanol–water partition coefficient (Wildman–Crippen LogP) is 1.15. The summed E-state index contributed by atoms with van der Waals surface area (Å²) < 4.78 is 5.50. The van der Waals surface area contributed by atoms with Crippen LogP contribution in [0.4, 0.5) is 0 Å². The minimum Gasteiger partial charge on any atom is -0.389 e. The number of ether oxygens (including phenoxy) is 1. The van der Waals surface area contributed by atoms with Gasteiger partial charge in [0.05, 0.1) is 18.3 Å². The standard InChI is InChI=1S/C15H30N2O3/c1-15(2,3)20-12-13(18)11-16-8-7-14(19)17-9-5-4-6-10-17/h13,16,18H,4-12H2,1-3H3. The molecule has 2 N–H and O–H groups in total. The zero-order chi connectivity index (χ0) is 15.0. The molecule has 0 saturated carbocycles. The Morgan fingerprint density at radius 3 is 2.55 bits per heavy atom. The minimum atomic E-state index is -0.528. The second-order valence-electron chi connectivity index (χ2n) is 6.47. The SMILES string of the molecule is CC(C)(C)OCC(O)CNCCC(=O)N1CCCCC1. The molecule has 5 nitrogen and oxygen atoms in total. The lowest BCUT2D eigenvalue weighted by Crippen LogP contribution is -2.38. The van der Waals surface area contributed by atoms with Crippen molar-refractivity contribution in [2.45, 2.75) is 58.2 Å². The third-order valence-electron chi connectivity index (χ3n) is 3.31. The predicted molar refractivity (Wildman–Crippen MR) is 79.6 cm³/mol. The molecule has 1 atom stereocenters. The van der Waals surface area contributed by atoms with Crippen molar-refractivity contribution in [2.24, 2.45) is 0 Å². The fourth-order valence-corrected chi connectivity index (χ4v) is 2.17. The van der Waals surface area contributed by atoms with Gasteiger partial charge in [-0.1, -0.05) is 0 Å². The minimum absolute atomic E-state index is 0.220. The fraction of sp³-hybridized carbons (Fsp3) is 0.933. The Morgan fingerprint density at radius 2 is 1.95 bits per heavy atom. The van der Waals surface area contributed by atoms with Crippen LogP contribution in [-0.4, -0.2) is 60.4 Å². The molecule has 5 heteroatoms. The Labute approximate surface area is 122 Å². The van der Waals surface area contributed by atoms with E-state index in [2.05, 4.69) is 5.32 Å². The molecular weight excluding hydrogens is 256 g/mol. The summed E-state index contributed by atoms with van der Waals surface area (Å²) >= 11 is 0. The van der Waals surface area contributed by atoms with E-state index in [-0.39, 0.29) is 11.5 Å². The van der Waals surface area contributed by atoms with Crippen LogP contribution in [0.5, 0.6) is 0 Å². The van der Waals surface area contributed by atoms with Gasteiger partial charge in [0.1, 0.15) is 0 Å². The van der Waals surface area contributed by atoms with Crippen molar-refractivity contribution in [3.63, 3.8) is 0 Å². The van der Waals surface area contributed by atoms with Crippen molar-refractivity contribution in [2.75, 3.05) is 32.8 Å². The molecule has 0 aliphatic carbocycles. The Kier molecular flexibility index (Phi) is 7.48. The van der Waals surface area contributed by atoms with Gasteiger partial charge in [-0.3, -0.25) is 4.79 Å². The average Bonchev–Trinajstić information content (AvgIpc) is 2.41. The van der Waals surface area contributed by atoms with Crippen molar-refractivity contribution in [3.8, 4) is 0 Å². The third kappa shape index (κ3) is 7.82. The van der Waals surface area contributed by atoms with Gasteiger partial charge in [0, 0.05) is 32.6 Å². The summed E-state index contributed by atoms with van der Waals surface area (Å²) in [6, 6.07) is 0. The van der Waals surface area contributed by atoms with Gasteiger partial charge in [-0.15, -0.1) is 0 Å². The van der Waals surface area contributed by atoms with Gasteiger partial charge in [0.15, 0.2) is 0 Å². The lowest BCUT2D eigenvalue weighted by atomic mass is 10.1. The first-order chi connectivity index (χ1) is 9.38. The zero-order valence-electron chi connectivity index (χ0n) is 13.2. The van der Waals surface area contributed by atoms with Gasteiger partial charge in [-0.25, -0.2) is 0 Å². The first kappa shape index (κ1) is 17.4. The molecule has 0 aromatic heterocycles. The molecule has 0 aromatic rings. The number of nitrogens with zero attached hydrogens (tertiary/aromatic N) is 1. The molecule has 0 aromatic carbocycles. The molecule has 1 saturated heterocycles. The molecule has 1 heterocycles. The molecule has 1 amide bonds. The zero-order valence-corrected chi connectivity index (χ0v) is 13.2. The number of carbonyl (C=O) groups is 1. The summed E-state index contributed by atoms with van der Waals surface area (Å²) in [7, 11) is 0. The Bertz CT molecular complexity index is 283. The smallest absolute Gasteiger partial charge is 0.223 e. The highest BCUT2D eigenvalue weighted by atomic mass is 16.5. The van der Waals surface area contributed by atoms with Crippen LogP contribution in [0.25, 0.3) is 0 Å². The van der Waals surface area contributed by atoms with Crippen LogP contribution in [0.2, 0.25) is 0 Å². The van der Waals surface area contributed by atoms with Crippen LogP contribution >= 0.6 is 0 Å². The van der Waals surface area contributed by atoms with Crippen molar-refractivity contribution < 1.29 is 14.6 Å². The Hall–Kier alpha value is -0.650.